The molecule has 1 aromatic heterocycles. The topological polar surface area (TPSA) is 43.6 Å². The third kappa shape index (κ3) is 2.76. The van der Waals surface area contributed by atoms with Gasteiger partial charge in [0.05, 0.1) is 25.5 Å². The standard InChI is InChI=1S/C17H21NO3/c1-3-14-13(7-10-21-14)17(18-2)12-5-6-15-16(11-12)20-9-4-8-19-15/h5-7,10-11,17-18H,3-4,8-9H2,1-2H3. The van der Waals surface area contributed by atoms with Crippen molar-refractivity contribution < 1.29 is 13.9 Å². The van der Waals surface area contributed by atoms with E-state index in [1.165, 1.54) is 5.56 Å². The van der Waals surface area contributed by atoms with Crippen molar-refractivity contribution in [2.75, 3.05) is 20.3 Å². The lowest BCUT2D eigenvalue weighted by atomic mass is 9.98. The molecule has 0 saturated carbocycles. The molecule has 2 heterocycles. The summed E-state index contributed by atoms with van der Waals surface area (Å²) in [5, 5.41) is 3.36. The van der Waals surface area contributed by atoms with E-state index in [2.05, 4.69) is 24.4 Å². The first kappa shape index (κ1) is 14.0. The Morgan fingerprint density at radius 1 is 1.14 bits per heavy atom. The molecule has 1 aliphatic rings. The van der Waals surface area contributed by atoms with Crippen molar-refractivity contribution in [3.05, 3.63) is 47.4 Å². The van der Waals surface area contributed by atoms with E-state index in [0.717, 1.165) is 35.7 Å². The molecule has 0 bridgehead atoms. The molecule has 4 heteroatoms. The van der Waals surface area contributed by atoms with E-state index in [9.17, 15) is 0 Å². The fourth-order valence-electron chi connectivity index (χ4n) is 2.76. The molecule has 4 nitrogen and oxygen atoms in total. The molecule has 0 fully saturated rings. The summed E-state index contributed by atoms with van der Waals surface area (Å²) in [6, 6.07) is 8.26. The first-order valence-corrected chi connectivity index (χ1v) is 7.46. The Morgan fingerprint density at radius 2 is 1.95 bits per heavy atom. The molecule has 0 aliphatic carbocycles. The van der Waals surface area contributed by atoms with Gasteiger partial charge >= 0.3 is 0 Å². The Hall–Kier alpha value is -1.94. The van der Waals surface area contributed by atoms with Gasteiger partial charge in [-0.25, -0.2) is 0 Å². The molecule has 1 aliphatic heterocycles. The first-order chi connectivity index (χ1) is 10.3. The van der Waals surface area contributed by atoms with Gasteiger partial charge in [0.1, 0.15) is 5.76 Å². The highest BCUT2D eigenvalue weighted by molar-refractivity contribution is 5.46. The molecule has 2 aromatic rings. The lowest BCUT2D eigenvalue weighted by molar-refractivity contribution is 0.297. The summed E-state index contributed by atoms with van der Waals surface area (Å²) in [6.07, 6.45) is 3.55. The predicted octanol–water partition coefficient (Wildman–Crippen LogP) is 3.31. The van der Waals surface area contributed by atoms with Crippen LogP contribution in [-0.4, -0.2) is 20.3 Å². The van der Waals surface area contributed by atoms with Gasteiger partial charge in [0, 0.05) is 18.4 Å². The smallest absolute Gasteiger partial charge is 0.161 e. The van der Waals surface area contributed by atoms with Crippen molar-refractivity contribution in [3.8, 4) is 11.5 Å². The Labute approximate surface area is 125 Å². The van der Waals surface area contributed by atoms with Crippen LogP contribution in [0.1, 0.15) is 36.3 Å². The average molecular weight is 287 g/mol. The number of aryl methyl sites for hydroxylation is 1. The van der Waals surface area contributed by atoms with Crippen LogP contribution in [0.4, 0.5) is 0 Å². The molecule has 1 N–H and O–H groups in total. The van der Waals surface area contributed by atoms with Crippen molar-refractivity contribution in [2.45, 2.75) is 25.8 Å². The second-order valence-electron chi connectivity index (χ2n) is 5.13. The minimum absolute atomic E-state index is 0.0934. The monoisotopic (exact) mass is 287 g/mol. The summed E-state index contributed by atoms with van der Waals surface area (Å²) in [5.74, 6) is 2.67. The van der Waals surface area contributed by atoms with Gasteiger partial charge in [-0.2, -0.15) is 0 Å². The largest absolute Gasteiger partial charge is 0.490 e. The second kappa shape index (κ2) is 6.22. The molecule has 0 spiro atoms. The van der Waals surface area contributed by atoms with Crippen molar-refractivity contribution >= 4 is 0 Å². The Bertz CT molecular complexity index is 606. The van der Waals surface area contributed by atoms with Gasteiger partial charge in [0.2, 0.25) is 0 Å². The van der Waals surface area contributed by atoms with Crippen LogP contribution >= 0.6 is 0 Å². The zero-order valence-corrected chi connectivity index (χ0v) is 12.5. The molecule has 0 saturated heterocycles. The zero-order valence-electron chi connectivity index (χ0n) is 12.5. The fraction of sp³-hybridized carbons (Fsp3) is 0.412. The van der Waals surface area contributed by atoms with Crippen LogP contribution in [0, 0.1) is 0 Å². The van der Waals surface area contributed by atoms with E-state index in [1.54, 1.807) is 6.26 Å². The first-order valence-electron chi connectivity index (χ1n) is 7.46. The Kier molecular flexibility index (Phi) is 4.15. The molecular weight excluding hydrogens is 266 g/mol. The number of hydrogen-bond donors (Lipinski definition) is 1. The van der Waals surface area contributed by atoms with Crippen LogP contribution < -0.4 is 14.8 Å². The molecule has 112 valence electrons. The summed E-state index contributed by atoms with van der Waals surface area (Å²) < 4.78 is 17.0. The summed E-state index contributed by atoms with van der Waals surface area (Å²) in [4.78, 5) is 0. The van der Waals surface area contributed by atoms with Crippen LogP contribution in [0.15, 0.2) is 34.9 Å². The van der Waals surface area contributed by atoms with Crippen LogP contribution in [0.5, 0.6) is 11.5 Å². The van der Waals surface area contributed by atoms with Crippen molar-refractivity contribution in [1.82, 2.24) is 5.32 Å². The van der Waals surface area contributed by atoms with E-state index in [1.807, 2.05) is 19.2 Å². The summed E-state index contributed by atoms with van der Waals surface area (Å²) >= 11 is 0. The number of ether oxygens (including phenoxy) is 2. The summed E-state index contributed by atoms with van der Waals surface area (Å²) in [7, 11) is 1.96. The third-order valence-electron chi connectivity index (χ3n) is 3.81. The van der Waals surface area contributed by atoms with Crippen LogP contribution in [0.25, 0.3) is 0 Å². The highest BCUT2D eigenvalue weighted by atomic mass is 16.5. The highest BCUT2D eigenvalue weighted by Gasteiger charge is 2.20. The van der Waals surface area contributed by atoms with Crippen molar-refractivity contribution in [3.63, 3.8) is 0 Å². The zero-order chi connectivity index (χ0) is 14.7. The van der Waals surface area contributed by atoms with Crippen LogP contribution in [0.2, 0.25) is 0 Å². The third-order valence-corrected chi connectivity index (χ3v) is 3.81. The number of nitrogens with one attached hydrogen (secondary N) is 1. The number of hydrogen-bond acceptors (Lipinski definition) is 4. The van der Waals surface area contributed by atoms with Gasteiger partial charge in [0.15, 0.2) is 11.5 Å². The Morgan fingerprint density at radius 3 is 2.71 bits per heavy atom. The number of rotatable bonds is 4. The minimum atomic E-state index is 0.0934. The molecule has 1 aromatic carbocycles. The molecule has 0 amide bonds. The van der Waals surface area contributed by atoms with E-state index in [4.69, 9.17) is 13.9 Å². The van der Waals surface area contributed by atoms with Gasteiger partial charge < -0.3 is 19.2 Å². The maximum absolute atomic E-state index is 5.78. The van der Waals surface area contributed by atoms with E-state index in [0.29, 0.717) is 13.2 Å². The molecule has 3 rings (SSSR count). The molecule has 1 atom stereocenters. The van der Waals surface area contributed by atoms with Gasteiger partial charge in [-0.1, -0.05) is 13.0 Å². The summed E-state index contributed by atoms with van der Waals surface area (Å²) in [5.41, 5.74) is 2.33. The number of furan rings is 1. The predicted molar refractivity (Wildman–Crippen MR) is 81.0 cm³/mol. The summed E-state index contributed by atoms with van der Waals surface area (Å²) in [6.45, 7) is 3.51. The second-order valence-corrected chi connectivity index (χ2v) is 5.13. The maximum atomic E-state index is 5.78. The SMILES string of the molecule is CCc1occc1C(NC)c1ccc2c(c1)OCCCO2. The lowest BCUT2D eigenvalue weighted by Gasteiger charge is -2.18. The molecular formula is C17H21NO3. The highest BCUT2D eigenvalue weighted by Crippen LogP contribution is 2.35. The molecule has 0 radical (unpaired) electrons. The van der Waals surface area contributed by atoms with Gasteiger partial charge in [-0.15, -0.1) is 0 Å². The lowest BCUT2D eigenvalue weighted by Crippen LogP contribution is -2.18. The number of fused-ring (bicyclic) bond motifs is 1. The average Bonchev–Trinajstić information content (AvgIpc) is 2.85. The fourth-order valence-corrected chi connectivity index (χ4v) is 2.76. The van der Waals surface area contributed by atoms with E-state index in [-0.39, 0.29) is 6.04 Å². The minimum Gasteiger partial charge on any atom is -0.490 e. The van der Waals surface area contributed by atoms with Gasteiger partial charge in [-0.3, -0.25) is 0 Å². The maximum Gasteiger partial charge on any atom is 0.161 e. The van der Waals surface area contributed by atoms with Crippen molar-refractivity contribution in [1.29, 1.82) is 0 Å². The molecule has 21 heavy (non-hydrogen) atoms. The molecule has 1 unspecified atom stereocenters. The normalized spacial score (nSPS) is 15.5. The van der Waals surface area contributed by atoms with E-state index >= 15 is 0 Å². The van der Waals surface area contributed by atoms with E-state index < -0.39 is 0 Å². The van der Waals surface area contributed by atoms with Crippen LogP contribution in [-0.2, 0) is 6.42 Å². The van der Waals surface area contributed by atoms with Crippen molar-refractivity contribution in [2.24, 2.45) is 0 Å². The quantitative estimate of drug-likeness (QED) is 0.937. The Balaban J connectivity index is 1.96. The number of benzene rings is 1. The van der Waals surface area contributed by atoms with Gasteiger partial charge in [-0.05, 0) is 30.8 Å². The van der Waals surface area contributed by atoms with Crippen LogP contribution in [0.3, 0.4) is 0 Å². The van der Waals surface area contributed by atoms with Gasteiger partial charge in [0.25, 0.3) is 0 Å².